The van der Waals surface area contributed by atoms with Gasteiger partial charge in [0, 0.05) is 23.6 Å². The molecule has 0 unspecified atom stereocenters. The highest BCUT2D eigenvalue weighted by Gasteiger charge is 2.04. The summed E-state index contributed by atoms with van der Waals surface area (Å²) in [5, 5.41) is 0. The van der Waals surface area contributed by atoms with Crippen molar-refractivity contribution in [2.75, 3.05) is 0 Å². The predicted molar refractivity (Wildman–Crippen MR) is 48.9 cm³/mol. The number of halogens is 2. The summed E-state index contributed by atoms with van der Waals surface area (Å²) in [5.74, 6) is 0. The zero-order valence-corrected chi connectivity index (χ0v) is 7.89. The number of nitrogens with zero attached hydrogens (tertiary/aromatic N) is 2. The van der Waals surface area contributed by atoms with Crippen LogP contribution in [0.2, 0.25) is 0 Å². The van der Waals surface area contributed by atoms with E-state index in [4.69, 9.17) is 23.6 Å². The van der Waals surface area contributed by atoms with Gasteiger partial charge in [0.15, 0.2) is 0 Å². The molecular formula is C3H7Cl2N3O6. The van der Waals surface area contributed by atoms with E-state index in [0.29, 0.717) is 0 Å². The third kappa shape index (κ3) is 2.97. The summed E-state index contributed by atoms with van der Waals surface area (Å²) >= 11 is 10.1. The molecule has 0 bridgehead atoms. The monoisotopic (exact) mass is 251 g/mol. The molecule has 0 aliphatic rings. The second-order valence-corrected chi connectivity index (χ2v) is 2.26. The lowest BCUT2D eigenvalue weighted by atomic mass is 11.0. The first kappa shape index (κ1) is 18.6. The normalized spacial score (nSPS) is 7.86. The standard InChI is InChI=1S/C3HCl2N3O3.3H2O/c4-7-1(9)6-2(10)8(5)3(7)11;;;/h(H,6,9,10);3*1H2. The summed E-state index contributed by atoms with van der Waals surface area (Å²) < 4.78 is 0.322. The van der Waals surface area contributed by atoms with Gasteiger partial charge < -0.3 is 16.4 Å². The average molecular weight is 252 g/mol. The lowest BCUT2D eigenvalue weighted by molar-refractivity contribution is 0.804. The van der Waals surface area contributed by atoms with Crippen molar-refractivity contribution in [2.45, 2.75) is 0 Å². The molecule has 0 fully saturated rings. The molecule has 11 heteroatoms. The van der Waals surface area contributed by atoms with Crippen molar-refractivity contribution in [3.63, 3.8) is 0 Å². The van der Waals surface area contributed by atoms with Gasteiger partial charge in [-0.2, -0.15) is 0 Å². The van der Waals surface area contributed by atoms with Crippen molar-refractivity contribution in [1.82, 2.24) is 13.2 Å². The highest BCUT2D eigenvalue weighted by Crippen LogP contribution is 1.71. The summed E-state index contributed by atoms with van der Waals surface area (Å²) in [6, 6.07) is 0. The number of hydrogen-bond acceptors (Lipinski definition) is 3. The molecule has 0 saturated carbocycles. The molecule has 0 aliphatic heterocycles. The van der Waals surface area contributed by atoms with Gasteiger partial charge in [0.05, 0.1) is 0 Å². The van der Waals surface area contributed by atoms with Crippen LogP contribution in [0, 0.1) is 0 Å². The molecule has 7 N–H and O–H groups in total. The van der Waals surface area contributed by atoms with E-state index in [9.17, 15) is 14.4 Å². The van der Waals surface area contributed by atoms with E-state index in [2.05, 4.69) is 0 Å². The van der Waals surface area contributed by atoms with E-state index in [1.165, 1.54) is 0 Å². The number of rotatable bonds is 0. The van der Waals surface area contributed by atoms with Gasteiger partial charge in [-0.15, -0.1) is 8.17 Å². The molecule has 0 atom stereocenters. The second-order valence-electron chi connectivity index (χ2n) is 1.58. The Labute approximate surface area is 85.3 Å². The van der Waals surface area contributed by atoms with Gasteiger partial charge >= 0.3 is 17.1 Å². The summed E-state index contributed by atoms with van der Waals surface area (Å²) in [5.41, 5.74) is -3.13. The van der Waals surface area contributed by atoms with Crippen molar-refractivity contribution in [2.24, 2.45) is 0 Å². The Morgan fingerprint density at radius 2 is 1.14 bits per heavy atom. The maximum atomic E-state index is 10.7. The predicted octanol–water partition coefficient (Wildman–Crippen LogP) is -3.77. The molecule has 1 heterocycles. The van der Waals surface area contributed by atoms with Crippen LogP contribution < -0.4 is 17.1 Å². The Hall–Kier alpha value is -1.13. The summed E-state index contributed by atoms with van der Waals surface area (Å²) in [6.45, 7) is 0. The number of aromatic amines is 1. The fourth-order valence-electron chi connectivity index (χ4n) is 0.440. The molecule has 1 aromatic heterocycles. The largest absolute Gasteiger partial charge is 0.412 e. The lowest BCUT2D eigenvalue weighted by Gasteiger charge is -1.91. The van der Waals surface area contributed by atoms with Crippen LogP contribution in [0.3, 0.4) is 0 Å². The zero-order chi connectivity index (χ0) is 8.59. The maximum Gasteiger partial charge on any atom is 0.366 e. The van der Waals surface area contributed by atoms with Gasteiger partial charge in [0.1, 0.15) is 0 Å². The smallest absolute Gasteiger partial charge is 0.366 e. The van der Waals surface area contributed by atoms with Crippen LogP contribution in [-0.4, -0.2) is 29.6 Å². The van der Waals surface area contributed by atoms with Gasteiger partial charge in [-0.3, -0.25) is 4.98 Å². The third-order valence-corrected chi connectivity index (χ3v) is 1.50. The lowest BCUT2D eigenvalue weighted by Crippen LogP contribution is -2.43. The van der Waals surface area contributed by atoms with E-state index < -0.39 is 17.1 Å². The van der Waals surface area contributed by atoms with Gasteiger partial charge in [-0.25, -0.2) is 14.4 Å². The van der Waals surface area contributed by atoms with Crippen molar-refractivity contribution in [3.05, 3.63) is 31.5 Å². The number of aromatic nitrogens is 3. The summed E-state index contributed by atoms with van der Waals surface area (Å²) in [7, 11) is 0. The number of hydrogen-bond donors (Lipinski definition) is 1. The minimum atomic E-state index is -1.10. The third-order valence-electron chi connectivity index (χ3n) is 0.906. The Morgan fingerprint density at radius 3 is 1.43 bits per heavy atom. The molecule has 14 heavy (non-hydrogen) atoms. The highest BCUT2D eigenvalue weighted by molar-refractivity contribution is 6.17. The van der Waals surface area contributed by atoms with E-state index in [-0.39, 0.29) is 24.6 Å². The second kappa shape index (κ2) is 6.34. The first-order chi connectivity index (χ1) is 5.04. The van der Waals surface area contributed by atoms with Crippen LogP contribution in [0.4, 0.5) is 0 Å². The molecule has 9 nitrogen and oxygen atoms in total. The first-order valence-corrected chi connectivity index (χ1v) is 3.02. The zero-order valence-electron chi connectivity index (χ0n) is 6.38. The summed E-state index contributed by atoms with van der Waals surface area (Å²) in [6.07, 6.45) is 0. The molecule has 0 aromatic carbocycles. The average Bonchev–Trinajstić information content (AvgIpc) is 1.97. The Kier molecular flexibility index (Phi) is 8.43. The van der Waals surface area contributed by atoms with Gasteiger partial charge in [-0.1, -0.05) is 0 Å². The molecule has 1 rings (SSSR count). The molecule has 0 radical (unpaired) electrons. The SMILES string of the molecule is O.O.O.O=c1[nH]c(=O)n(Cl)c(=O)n1Cl. The van der Waals surface area contributed by atoms with Crippen LogP contribution in [0.15, 0.2) is 14.4 Å². The van der Waals surface area contributed by atoms with Gasteiger partial charge in [-0.05, 0) is 0 Å². The Bertz CT molecular complexity index is 408. The van der Waals surface area contributed by atoms with E-state index >= 15 is 0 Å². The Balaban J connectivity index is -0.000000403. The molecule has 0 aliphatic carbocycles. The fraction of sp³-hybridized carbons (Fsp3) is 0. The maximum absolute atomic E-state index is 10.7. The highest BCUT2D eigenvalue weighted by atomic mass is 35.5. The van der Waals surface area contributed by atoms with Crippen LogP contribution in [0.1, 0.15) is 0 Å². The number of nitrogens with one attached hydrogen (secondary N) is 1. The molecule has 1 aromatic rings. The molecule has 84 valence electrons. The minimum absolute atomic E-state index is 0. The topological polar surface area (TPSA) is 171 Å². The fourth-order valence-corrected chi connectivity index (χ4v) is 0.715. The van der Waals surface area contributed by atoms with E-state index in [0.717, 1.165) is 0 Å². The van der Waals surface area contributed by atoms with Crippen LogP contribution in [0.25, 0.3) is 0 Å². The summed E-state index contributed by atoms with van der Waals surface area (Å²) in [4.78, 5) is 33.4. The number of H-pyrrole nitrogens is 1. The first-order valence-electron chi connectivity index (χ1n) is 2.34. The van der Waals surface area contributed by atoms with Crippen molar-refractivity contribution in [3.8, 4) is 0 Å². The molecule has 0 amide bonds. The van der Waals surface area contributed by atoms with E-state index in [1.807, 2.05) is 0 Å². The van der Waals surface area contributed by atoms with Crippen LogP contribution in [0.5, 0.6) is 0 Å². The van der Waals surface area contributed by atoms with E-state index in [1.54, 1.807) is 4.98 Å². The molecule has 0 saturated heterocycles. The quantitative estimate of drug-likeness (QED) is 0.500. The minimum Gasteiger partial charge on any atom is -0.412 e. The van der Waals surface area contributed by atoms with Crippen LogP contribution in [-0.2, 0) is 0 Å². The van der Waals surface area contributed by atoms with Crippen molar-refractivity contribution in [1.29, 1.82) is 0 Å². The van der Waals surface area contributed by atoms with Gasteiger partial charge in [0.25, 0.3) is 0 Å². The molecular weight excluding hydrogens is 245 g/mol. The Morgan fingerprint density at radius 1 is 0.857 bits per heavy atom. The van der Waals surface area contributed by atoms with Gasteiger partial charge in [0.2, 0.25) is 0 Å². The van der Waals surface area contributed by atoms with Crippen molar-refractivity contribution < 1.29 is 16.4 Å². The van der Waals surface area contributed by atoms with Crippen molar-refractivity contribution >= 4 is 23.6 Å². The van der Waals surface area contributed by atoms with Crippen LogP contribution >= 0.6 is 23.6 Å². The molecule has 0 spiro atoms.